The predicted octanol–water partition coefficient (Wildman–Crippen LogP) is 0.957. The molecule has 2 nitrogen and oxygen atoms in total. The predicted molar refractivity (Wildman–Crippen MR) is 36.5 cm³/mol. The van der Waals surface area contributed by atoms with Gasteiger partial charge in [-0.25, -0.2) is 0 Å². The van der Waals surface area contributed by atoms with Gasteiger partial charge in [-0.1, -0.05) is 0 Å². The van der Waals surface area contributed by atoms with Gasteiger partial charge >= 0.3 is 0 Å². The largest absolute Gasteiger partial charge is 0.332 e. The van der Waals surface area contributed by atoms with Crippen LogP contribution < -0.4 is 5.32 Å². The third kappa shape index (κ3) is 5.56. The first kappa shape index (κ1) is 7.56. The number of carbonyl (C=O) groups is 1. The average molecular weight is 131 g/mol. The summed E-state index contributed by atoms with van der Waals surface area (Å²) in [5.74, 6) is -0.0321. The Hall–Kier alpha value is -0.440. The highest BCUT2D eigenvalue weighted by atomic mass is 32.2. The molecule has 0 heterocycles. The Balaban J connectivity index is 3.16. The van der Waals surface area contributed by atoms with E-state index in [4.69, 9.17) is 0 Å². The second kappa shape index (κ2) is 4.71. The number of carbonyl (C=O) groups excluding carboxylic acids is 1. The first-order chi connectivity index (χ1) is 3.77. The van der Waals surface area contributed by atoms with Gasteiger partial charge in [0, 0.05) is 13.1 Å². The summed E-state index contributed by atoms with van der Waals surface area (Å²) in [5, 5.41) is 4.31. The molecule has 0 unspecified atom stereocenters. The van der Waals surface area contributed by atoms with Crippen LogP contribution in [0.1, 0.15) is 6.92 Å². The molecule has 0 saturated heterocycles. The van der Waals surface area contributed by atoms with Crippen molar-refractivity contribution < 1.29 is 4.79 Å². The molecule has 0 saturated carbocycles. The fraction of sp³-hybridized carbons (Fsp3) is 0.400. The molecule has 0 aromatic rings. The van der Waals surface area contributed by atoms with Gasteiger partial charge in [0.2, 0.25) is 5.91 Å². The normalized spacial score (nSPS) is 9.75. The number of hydrogen-bond acceptors (Lipinski definition) is 2. The molecule has 0 aliphatic carbocycles. The highest BCUT2D eigenvalue weighted by molar-refractivity contribution is 8.01. The molecule has 0 aromatic carbocycles. The average Bonchev–Trinajstić information content (AvgIpc) is 1.66. The van der Waals surface area contributed by atoms with Crippen LogP contribution in [0.25, 0.3) is 0 Å². The molecule has 0 bridgehead atoms. The van der Waals surface area contributed by atoms with Crippen LogP contribution in [0, 0.1) is 0 Å². The van der Waals surface area contributed by atoms with Crippen LogP contribution in [0.3, 0.4) is 0 Å². The fourth-order valence-corrected chi connectivity index (χ4v) is 0.424. The van der Waals surface area contributed by atoms with Crippen molar-refractivity contribution in [2.75, 3.05) is 6.26 Å². The van der Waals surface area contributed by atoms with Gasteiger partial charge in [-0.05, 0) is 11.7 Å². The molecule has 0 fully saturated rings. The second-order valence-electron chi connectivity index (χ2n) is 1.24. The monoisotopic (exact) mass is 131 g/mol. The molecule has 8 heavy (non-hydrogen) atoms. The maximum absolute atomic E-state index is 10.1. The van der Waals surface area contributed by atoms with Gasteiger partial charge in [-0.15, -0.1) is 11.8 Å². The third-order valence-corrected chi connectivity index (χ3v) is 0.899. The number of hydrogen-bond donors (Lipinski definition) is 1. The van der Waals surface area contributed by atoms with Crippen molar-refractivity contribution in [1.82, 2.24) is 5.32 Å². The summed E-state index contributed by atoms with van der Waals surface area (Å²) >= 11 is 1.55. The highest BCUT2D eigenvalue weighted by Crippen LogP contribution is 1.89. The van der Waals surface area contributed by atoms with Gasteiger partial charge in [0.25, 0.3) is 0 Å². The van der Waals surface area contributed by atoms with Crippen molar-refractivity contribution in [3.63, 3.8) is 0 Å². The van der Waals surface area contributed by atoms with Crippen LogP contribution in [-0.2, 0) is 4.79 Å². The van der Waals surface area contributed by atoms with E-state index in [0.717, 1.165) is 0 Å². The summed E-state index contributed by atoms with van der Waals surface area (Å²) in [6.07, 6.45) is 3.55. The van der Waals surface area contributed by atoms with E-state index in [9.17, 15) is 4.79 Å². The van der Waals surface area contributed by atoms with E-state index < -0.39 is 0 Å². The van der Waals surface area contributed by atoms with Gasteiger partial charge in [0.1, 0.15) is 0 Å². The molecule has 46 valence electrons. The smallest absolute Gasteiger partial charge is 0.220 e. The van der Waals surface area contributed by atoms with Crippen LogP contribution in [0.2, 0.25) is 0 Å². The van der Waals surface area contributed by atoms with E-state index in [1.54, 1.807) is 23.4 Å². The van der Waals surface area contributed by atoms with E-state index in [1.165, 1.54) is 6.92 Å². The zero-order valence-corrected chi connectivity index (χ0v) is 5.79. The van der Waals surface area contributed by atoms with Crippen LogP contribution >= 0.6 is 11.8 Å². The quantitative estimate of drug-likeness (QED) is 0.604. The van der Waals surface area contributed by atoms with Gasteiger partial charge < -0.3 is 5.32 Å². The Morgan fingerprint density at radius 2 is 2.38 bits per heavy atom. The molecular weight excluding hydrogens is 122 g/mol. The summed E-state index contributed by atoms with van der Waals surface area (Å²) in [5.41, 5.74) is 0. The Morgan fingerprint density at radius 1 is 1.75 bits per heavy atom. The molecule has 0 aliphatic heterocycles. The van der Waals surface area contributed by atoms with Crippen molar-refractivity contribution in [3.8, 4) is 0 Å². The van der Waals surface area contributed by atoms with Crippen LogP contribution in [0.4, 0.5) is 0 Å². The van der Waals surface area contributed by atoms with Crippen molar-refractivity contribution in [3.05, 3.63) is 11.6 Å². The lowest BCUT2D eigenvalue weighted by molar-refractivity contribution is -0.118. The molecule has 0 aliphatic rings. The number of nitrogens with one attached hydrogen (secondary N) is 1. The zero-order chi connectivity index (χ0) is 6.41. The Morgan fingerprint density at radius 3 is 2.75 bits per heavy atom. The van der Waals surface area contributed by atoms with Crippen LogP contribution in [0.15, 0.2) is 11.6 Å². The third-order valence-electron chi connectivity index (χ3n) is 0.491. The minimum absolute atomic E-state index is 0.0321. The molecule has 0 spiro atoms. The SMILES string of the molecule is CS/C=C\NC(C)=O. The minimum atomic E-state index is -0.0321. The van der Waals surface area contributed by atoms with Crippen LogP contribution in [0.5, 0.6) is 0 Å². The molecule has 0 rings (SSSR count). The molecule has 1 N–H and O–H groups in total. The molecule has 3 heteroatoms. The first-order valence-corrected chi connectivity index (χ1v) is 3.51. The Labute approximate surface area is 53.3 Å². The van der Waals surface area contributed by atoms with Crippen LogP contribution in [-0.4, -0.2) is 12.2 Å². The standard InChI is InChI=1S/C5H9NOS/c1-5(7)6-3-4-8-2/h3-4H,1-2H3,(H,6,7)/b4-3-. The minimum Gasteiger partial charge on any atom is -0.332 e. The van der Waals surface area contributed by atoms with Gasteiger partial charge in [-0.2, -0.15) is 0 Å². The highest BCUT2D eigenvalue weighted by Gasteiger charge is 1.78. The van der Waals surface area contributed by atoms with E-state index >= 15 is 0 Å². The summed E-state index contributed by atoms with van der Waals surface area (Å²) in [7, 11) is 0. The molecule has 1 amide bonds. The lowest BCUT2D eigenvalue weighted by Gasteiger charge is -1.86. The van der Waals surface area contributed by atoms with E-state index in [2.05, 4.69) is 5.32 Å². The Bertz CT molecular complexity index is 101. The maximum atomic E-state index is 10.1. The topological polar surface area (TPSA) is 29.1 Å². The first-order valence-electron chi connectivity index (χ1n) is 2.22. The lowest BCUT2D eigenvalue weighted by Crippen LogP contribution is -2.10. The zero-order valence-electron chi connectivity index (χ0n) is 4.97. The molecule has 0 atom stereocenters. The lowest BCUT2D eigenvalue weighted by atomic mass is 10.7. The number of amides is 1. The van der Waals surface area contributed by atoms with E-state index in [1.807, 2.05) is 6.26 Å². The van der Waals surface area contributed by atoms with Gasteiger partial charge in [-0.3, -0.25) is 4.79 Å². The van der Waals surface area contributed by atoms with Gasteiger partial charge in [0.05, 0.1) is 0 Å². The summed E-state index contributed by atoms with van der Waals surface area (Å²) < 4.78 is 0. The van der Waals surface area contributed by atoms with Gasteiger partial charge in [0.15, 0.2) is 0 Å². The maximum Gasteiger partial charge on any atom is 0.220 e. The van der Waals surface area contributed by atoms with E-state index in [-0.39, 0.29) is 5.91 Å². The Kier molecular flexibility index (Phi) is 4.45. The number of rotatable bonds is 2. The summed E-state index contributed by atoms with van der Waals surface area (Å²) in [4.78, 5) is 10.1. The van der Waals surface area contributed by atoms with Crippen molar-refractivity contribution in [1.29, 1.82) is 0 Å². The second-order valence-corrected chi connectivity index (χ2v) is 1.98. The van der Waals surface area contributed by atoms with Crippen molar-refractivity contribution in [2.24, 2.45) is 0 Å². The fourth-order valence-electron chi connectivity index (χ4n) is 0.219. The van der Waals surface area contributed by atoms with Crippen molar-refractivity contribution >= 4 is 17.7 Å². The molecular formula is C5H9NOS. The number of thioether (sulfide) groups is 1. The van der Waals surface area contributed by atoms with E-state index in [0.29, 0.717) is 0 Å². The van der Waals surface area contributed by atoms with Crippen molar-refractivity contribution in [2.45, 2.75) is 6.92 Å². The summed E-state index contributed by atoms with van der Waals surface area (Å²) in [6, 6.07) is 0. The molecule has 0 aromatic heterocycles. The summed E-state index contributed by atoms with van der Waals surface area (Å²) in [6.45, 7) is 1.48. The molecule has 0 radical (unpaired) electrons.